The largest absolute Gasteiger partial charge is 0.488 e. The second-order valence-electron chi connectivity index (χ2n) is 7.10. The van der Waals surface area contributed by atoms with E-state index < -0.39 is 0 Å². The zero-order chi connectivity index (χ0) is 18.8. The normalized spacial score (nSPS) is 15.4. The van der Waals surface area contributed by atoms with Crippen LogP contribution in [-0.4, -0.2) is 9.97 Å². The Kier molecular flexibility index (Phi) is 4.37. The summed E-state index contributed by atoms with van der Waals surface area (Å²) in [5, 5.41) is 4.62. The Bertz CT molecular complexity index is 1110. The van der Waals surface area contributed by atoms with Crippen molar-refractivity contribution in [3.63, 3.8) is 0 Å². The van der Waals surface area contributed by atoms with E-state index in [1.807, 2.05) is 42.6 Å². The van der Waals surface area contributed by atoms with Gasteiger partial charge in [0.1, 0.15) is 18.2 Å². The number of nitrogens with one attached hydrogen (secondary N) is 1. The molecule has 1 N–H and O–H groups in total. The van der Waals surface area contributed by atoms with E-state index >= 15 is 0 Å². The predicted molar refractivity (Wildman–Crippen MR) is 111 cm³/mol. The molecule has 0 unspecified atom stereocenters. The molecule has 2 aromatic heterocycles. The first-order valence-electron chi connectivity index (χ1n) is 9.63. The van der Waals surface area contributed by atoms with Crippen molar-refractivity contribution in [3.8, 4) is 5.75 Å². The number of anilines is 1. The summed E-state index contributed by atoms with van der Waals surface area (Å²) in [6.07, 6.45) is 5.81. The molecular formula is C24H21N3O. The van der Waals surface area contributed by atoms with Crippen LogP contribution in [0.3, 0.4) is 0 Å². The quantitative estimate of drug-likeness (QED) is 0.519. The van der Waals surface area contributed by atoms with E-state index in [9.17, 15) is 0 Å². The fraction of sp³-hybridized carbons (Fsp3) is 0.167. The minimum Gasteiger partial charge on any atom is -0.488 e. The van der Waals surface area contributed by atoms with Crippen molar-refractivity contribution in [2.45, 2.75) is 25.5 Å². The first kappa shape index (κ1) is 16.8. The van der Waals surface area contributed by atoms with Gasteiger partial charge in [0.2, 0.25) is 0 Å². The van der Waals surface area contributed by atoms with Crippen molar-refractivity contribution in [2.24, 2.45) is 0 Å². The second-order valence-corrected chi connectivity index (χ2v) is 7.10. The van der Waals surface area contributed by atoms with E-state index in [0.717, 1.165) is 40.9 Å². The Morgan fingerprint density at radius 2 is 1.93 bits per heavy atom. The van der Waals surface area contributed by atoms with Gasteiger partial charge in [0.05, 0.1) is 11.6 Å². The maximum atomic E-state index is 6.02. The molecule has 1 atom stereocenters. The molecule has 0 bridgehead atoms. The molecule has 28 heavy (non-hydrogen) atoms. The summed E-state index contributed by atoms with van der Waals surface area (Å²) in [6.45, 7) is 0.492. The number of ether oxygens (including phenoxy) is 1. The van der Waals surface area contributed by atoms with Crippen LogP contribution >= 0.6 is 0 Å². The molecule has 2 heterocycles. The van der Waals surface area contributed by atoms with E-state index in [2.05, 4.69) is 40.6 Å². The maximum Gasteiger partial charge on any atom is 0.129 e. The van der Waals surface area contributed by atoms with Gasteiger partial charge in [-0.05, 0) is 54.3 Å². The fourth-order valence-electron chi connectivity index (χ4n) is 3.86. The first-order valence-corrected chi connectivity index (χ1v) is 9.63. The van der Waals surface area contributed by atoms with Gasteiger partial charge in [0.15, 0.2) is 0 Å². The van der Waals surface area contributed by atoms with Crippen LogP contribution in [0.2, 0.25) is 0 Å². The highest BCUT2D eigenvalue weighted by Crippen LogP contribution is 2.34. The summed E-state index contributed by atoms with van der Waals surface area (Å²) in [4.78, 5) is 8.96. The van der Waals surface area contributed by atoms with E-state index in [-0.39, 0.29) is 0 Å². The number of fused-ring (bicyclic) bond motifs is 2. The Morgan fingerprint density at radius 1 is 0.964 bits per heavy atom. The summed E-state index contributed by atoms with van der Waals surface area (Å²) in [5.74, 6) is 1.74. The molecule has 0 saturated carbocycles. The van der Waals surface area contributed by atoms with E-state index in [4.69, 9.17) is 9.72 Å². The summed E-state index contributed by atoms with van der Waals surface area (Å²) >= 11 is 0. The summed E-state index contributed by atoms with van der Waals surface area (Å²) in [7, 11) is 0. The number of hydrogen-bond acceptors (Lipinski definition) is 4. The van der Waals surface area contributed by atoms with Gasteiger partial charge in [-0.2, -0.15) is 0 Å². The minimum absolute atomic E-state index is 0.325. The zero-order valence-electron chi connectivity index (χ0n) is 15.5. The molecule has 2 aromatic carbocycles. The fourth-order valence-corrected chi connectivity index (χ4v) is 3.86. The zero-order valence-corrected chi connectivity index (χ0v) is 15.5. The Balaban J connectivity index is 1.37. The highest BCUT2D eigenvalue weighted by Gasteiger charge is 2.22. The SMILES string of the molecule is c1cncc(COc2cccc3nc(N[C@@H]4CCc5ccccc54)ccc23)c1. The van der Waals surface area contributed by atoms with Gasteiger partial charge >= 0.3 is 0 Å². The summed E-state index contributed by atoms with van der Waals surface area (Å²) in [6, 6.07) is 23.0. The van der Waals surface area contributed by atoms with Crippen LogP contribution in [0, 0.1) is 0 Å². The molecule has 0 radical (unpaired) electrons. The smallest absolute Gasteiger partial charge is 0.129 e. The third-order valence-corrected chi connectivity index (χ3v) is 5.26. The molecule has 5 rings (SSSR count). The van der Waals surface area contributed by atoms with Crippen LogP contribution in [0.25, 0.3) is 10.9 Å². The topological polar surface area (TPSA) is 47.0 Å². The number of rotatable bonds is 5. The van der Waals surface area contributed by atoms with E-state index in [1.165, 1.54) is 11.1 Å². The Hall–Kier alpha value is -3.40. The molecule has 0 spiro atoms. The van der Waals surface area contributed by atoms with Crippen LogP contribution < -0.4 is 10.1 Å². The summed E-state index contributed by atoms with van der Waals surface area (Å²) in [5.41, 5.74) is 4.80. The number of aromatic nitrogens is 2. The number of nitrogens with zero attached hydrogens (tertiary/aromatic N) is 2. The lowest BCUT2D eigenvalue weighted by atomic mass is 10.1. The molecule has 0 aliphatic heterocycles. The van der Waals surface area contributed by atoms with Gasteiger partial charge in [0, 0.05) is 23.3 Å². The number of aryl methyl sites for hydroxylation is 1. The van der Waals surface area contributed by atoms with Crippen LogP contribution in [0.15, 0.2) is 79.1 Å². The lowest BCUT2D eigenvalue weighted by Gasteiger charge is -2.16. The highest BCUT2D eigenvalue weighted by molar-refractivity contribution is 5.86. The van der Waals surface area contributed by atoms with Crippen molar-refractivity contribution < 1.29 is 4.74 Å². The maximum absolute atomic E-state index is 6.02. The van der Waals surface area contributed by atoms with Gasteiger partial charge < -0.3 is 10.1 Å². The molecule has 4 aromatic rings. The molecular weight excluding hydrogens is 346 g/mol. The number of hydrogen-bond donors (Lipinski definition) is 1. The van der Waals surface area contributed by atoms with Gasteiger partial charge in [-0.3, -0.25) is 4.98 Å². The predicted octanol–water partition coefficient (Wildman–Crippen LogP) is 5.31. The van der Waals surface area contributed by atoms with Crippen LogP contribution in [-0.2, 0) is 13.0 Å². The van der Waals surface area contributed by atoms with Crippen LogP contribution in [0.4, 0.5) is 5.82 Å². The molecule has 0 saturated heterocycles. The minimum atomic E-state index is 0.325. The summed E-state index contributed by atoms with van der Waals surface area (Å²) < 4.78 is 6.02. The molecule has 0 fully saturated rings. The van der Waals surface area contributed by atoms with Gasteiger partial charge in [-0.25, -0.2) is 4.98 Å². The molecule has 0 amide bonds. The second kappa shape index (κ2) is 7.31. The average molecular weight is 367 g/mol. The van der Waals surface area contributed by atoms with Crippen molar-refractivity contribution in [3.05, 3.63) is 95.8 Å². The lowest BCUT2D eigenvalue weighted by Crippen LogP contribution is -2.08. The van der Waals surface area contributed by atoms with Gasteiger partial charge in [-0.1, -0.05) is 36.4 Å². The molecule has 4 nitrogen and oxygen atoms in total. The third-order valence-electron chi connectivity index (χ3n) is 5.26. The van der Waals surface area contributed by atoms with Crippen molar-refractivity contribution in [1.29, 1.82) is 0 Å². The van der Waals surface area contributed by atoms with Crippen LogP contribution in [0.5, 0.6) is 5.75 Å². The molecule has 1 aliphatic carbocycles. The monoisotopic (exact) mass is 367 g/mol. The number of benzene rings is 2. The van der Waals surface area contributed by atoms with Gasteiger partial charge in [-0.15, -0.1) is 0 Å². The Morgan fingerprint density at radius 3 is 2.86 bits per heavy atom. The van der Waals surface area contributed by atoms with E-state index in [0.29, 0.717) is 12.6 Å². The first-order chi connectivity index (χ1) is 13.9. The lowest BCUT2D eigenvalue weighted by molar-refractivity contribution is 0.309. The van der Waals surface area contributed by atoms with Crippen molar-refractivity contribution in [1.82, 2.24) is 9.97 Å². The third kappa shape index (κ3) is 3.29. The van der Waals surface area contributed by atoms with Crippen molar-refractivity contribution >= 4 is 16.7 Å². The standard InChI is InChI=1S/C24H21N3O/c1-2-7-19-18(6-1)10-12-22(19)27-24-13-11-20-21(26-24)8-3-9-23(20)28-16-17-5-4-14-25-15-17/h1-9,11,13-15,22H,10,12,16H2,(H,26,27)/t22-/m1/s1. The average Bonchev–Trinajstić information content (AvgIpc) is 3.16. The van der Waals surface area contributed by atoms with Crippen molar-refractivity contribution in [2.75, 3.05) is 5.32 Å². The molecule has 1 aliphatic rings. The highest BCUT2D eigenvalue weighted by atomic mass is 16.5. The van der Waals surface area contributed by atoms with E-state index in [1.54, 1.807) is 6.20 Å². The molecule has 138 valence electrons. The van der Waals surface area contributed by atoms with Gasteiger partial charge in [0.25, 0.3) is 0 Å². The Labute approximate surface area is 164 Å². The number of pyridine rings is 2. The molecule has 4 heteroatoms. The van der Waals surface area contributed by atoms with Crippen LogP contribution in [0.1, 0.15) is 29.2 Å².